The van der Waals surface area contributed by atoms with Crippen LogP contribution in [0, 0.1) is 11.3 Å². The second-order valence-electron chi connectivity index (χ2n) is 5.57. The van der Waals surface area contributed by atoms with Crippen molar-refractivity contribution in [2.24, 2.45) is 11.3 Å². The van der Waals surface area contributed by atoms with Gasteiger partial charge in [-0.2, -0.15) is 0 Å². The summed E-state index contributed by atoms with van der Waals surface area (Å²) >= 11 is 0. The minimum Gasteiger partial charge on any atom is -0.480 e. The molecule has 0 saturated heterocycles. The monoisotopic (exact) mass is 228 g/mol. The van der Waals surface area contributed by atoms with E-state index in [2.05, 4.69) is 10.6 Å². The van der Waals surface area contributed by atoms with Gasteiger partial charge >= 0.3 is 12.0 Å². The summed E-state index contributed by atoms with van der Waals surface area (Å²) < 4.78 is 0. The van der Waals surface area contributed by atoms with Gasteiger partial charge < -0.3 is 15.7 Å². The molecule has 3 N–H and O–H groups in total. The van der Waals surface area contributed by atoms with Gasteiger partial charge in [0, 0.05) is 6.04 Å². The van der Waals surface area contributed by atoms with Crippen LogP contribution < -0.4 is 10.6 Å². The third-order valence-corrected chi connectivity index (χ3v) is 2.81. The first-order valence-electron chi connectivity index (χ1n) is 5.51. The lowest BCUT2D eigenvalue weighted by Crippen LogP contribution is -2.52. The third kappa shape index (κ3) is 3.40. The molecular weight excluding hydrogens is 208 g/mol. The fourth-order valence-corrected chi connectivity index (χ4v) is 1.51. The molecule has 5 heteroatoms. The van der Waals surface area contributed by atoms with Gasteiger partial charge in [0.25, 0.3) is 0 Å². The van der Waals surface area contributed by atoms with Gasteiger partial charge in [-0.25, -0.2) is 9.59 Å². The van der Waals surface area contributed by atoms with Crippen molar-refractivity contribution in [2.75, 3.05) is 0 Å². The zero-order valence-electron chi connectivity index (χ0n) is 10.2. The van der Waals surface area contributed by atoms with Crippen molar-refractivity contribution in [1.29, 1.82) is 0 Å². The summed E-state index contributed by atoms with van der Waals surface area (Å²) in [5.41, 5.74) is -0.502. The van der Waals surface area contributed by atoms with Crippen LogP contribution in [-0.2, 0) is 4.79 Å². The predicted molar refractivity (Wildman–Crippen MR) is 60.1 cm³/mol. The Hall–Kier alpha value is -1.26. The first-order valence-corrected chi connectivity index (χ1v) is 5.51. The van der Waals surface area contributed by atoms with Gasteiger partial charge in [0.2, 0.25) is 0 Å². The number of nitrogens with one attached hydrogen (secondary N) is 2. The first-order chi connectivity index (χ1) is 7.21. The molecule has 1 saturated carbocycles. The molecule has 3 atom stereocenters. The highest BCUT2D eigenvalue weighted by Crippen LogP contribution is 2.28. The van der Waals surface area contributed by atoms with Crippen LogP contribution in [0.5, 0.6) is 0 Å². The first kappa shape index (κ1) is 12.8. The number of carbonyl (C=O) groups excluding carboxylic acids is 1. The fraction of sp³-hybridized carbons (Fsp3) is 0.818. The molecule has 1 fully saturated rings. The van der Waals surface area contributed by atoms with E-state index in [1.807, 2.05) is 6.92 Å². The van der Waals surface area contributed by atoms with E-state index >= 15 is 0 Å². The zero-order valence-corrected chi connectivity index (χ0v) is 10.2. The minimum absolute atomic E-state index is 0.203. The van der Waals surface area contributed by atoms with Gasteiger partial charge in [-0.15, -0.1) is 0 Å². The average Bonchev–Trinajstić information content (AvgIpc) is 2.75. The number of carbonyl (C=O) groups is 2. The smallest absolute Gasteiger partial charge is 0.326 e. The lowest BCUT2D eigenvalue weighted by molar-refractivity contribution is -0.141. The van der Waals surface area contributed by atoms with E-state index in [1.165, 1.54) is 0 Å². The Bertz CT molecular complexity index is 296. The maximum absolute atomic E-state index is 11.5. The number of urea groups is 1. The SMILES string of the molecule is CC1CC1NC(=O)NC(C(=O)O)C(C)(C)C. The van der Waals surface area contributed by atoms with Crippen LogP contribution in [0.2, 0.25) is 0 Å². The Balaban J connectivity index is 2.48. The Morgan fingerprint density at radius 3 is 2.19 bits per heavy atom. The molecule has 0 aromatic heterocycles. The summed E-state index contributed by atoms with van der Waals surface area (Å²) in [5.74, 6) is -0.504. The van der Waals surface area contributed by atoms with E-state index in [-0.39, 0.29) is 6.04 Å². The van der Waals surface area contributed by atoms with Crippen molar-refractivity contribution in [3.63, 3.8) is 0 Å². The standard InChI is InChI=1S/C11H20N2O3/c1-6-5-7(6)12-10(16)13-8(9(14)15)11(2,3)4/h6-8H,5H2,1-4H3,(H,14,15)(H2,12,13,16). The van der Waals surface area contributed by atoms with Crippen LogP contribution in [-0.4, -0.2) is 29.2 Å². The molecule has 0 spiro atoms. The van der Waals surface area contributed by atoms with Crippen LogP contribution in [0.25, 0.3) is 0 Å². The maximum Gasteiger partial charge on any atom is 0.326 e. The molecule has 0 radical (unpaired) electrons. The van der Waals surface area contributed by atoms with Crippen molar-refractivity contribution >= 4 is 12.0 Å². The number of amides is 2. The highest BCUT2D eigenvalue weighted by atomic mass is 16.4. The highest BCUT2D eigenvalue weighted by Gasteiger charge is 2.36. The van der Waals surface area contributed by atoms with Crippen molar-refractivity contribution in [1.82, 2.24) is 10.6 Å². The third-order valence-electron chi connectivity index (χ3n) is 2.81. The lowest BCUT2D eigenvalue weighted by Gasteiger charge is -2.27. The van der Waals surface area contributed by atoms with Crippen LogP contribution in [0.1, 0.15) is 34.1 Å². The van der Waals surface area contributed by atoms with Crippen molar-refractivity contribution in [3.05, 3.63) is 0 Å². The molecule has 5 nitrogen and oxygen atoms in total. The Kier molecular flexibility index (Phi) is 3.45. The summed E-state index contributed by atoms with van der Waals surface area (Å²) in [6.45, 7) is 7.40. The van der Waals surface area contributed by atoms with Gasteiger partial charge in [0.15, 0.2) is 0 Å². The van der Waals surface area contributed by atoms with Crippen molar-refractivity contribution in [2.45, 2.75) is 46.2 Å². The van der Waals surface area contributed by atoms with Gasteiger partial charge in [0.05, 0.1) is 0 Å². The molecule has 3 unspecified atom stereocenters. The summed E-state index contributed by atoms with van der Waals surface area (Å²) in [6.07, 6.45) is 0.973. The molecule has 1 aliphatic rings. The zero-order chi connectivity index (χ0) is 12.5. The molecule has 0 heterocycles. The number of aliphatic carboxylic acids is 1. The molecule has 1 aliphatic carbocycles. The molecule has 92 valence electrons. The van der Waals surface area contributed by atoms with E-state index in [9.17, 15) is 9.59 Å². The topological polar surface area (TPSA) is 78.4 Å². The Labute approximate surface area is 95.6 Å². The second-order valence-corrected chi connectivity index (χ2v) is 5.57. The molecule has 0 aromatic carbocycles. The largest absolute Gasteiger partial charge is 0.480 e. The fourth-order valence-electron chi connectivity index (χ4n) is 1.51. The van der Waals surface area contributed by atoms with Crippen LogP contribution >= 0.6 is 0 Å². The number of carboxylic acids is 1. The molecule has 0 aliphatic heterocycles. The van der Waals surface area contributed by atoms with Crippen LogP contribution in [0.15, 0.2) is 0 Å². The molecule has 0 bridgehead atoms. The Morgan fingerprint density at radius 2 is 1.88 bits per heavy atom. The minimum atomic E-state index is -1.01. The average molecular weight is 228 g/mol. The van der Waals surface area contributed by atoms with Crippen molar-refractivity contribution in [3.8, 4) is 0 Å². The van der Waals surface area contributed by atoms with E-state index in [1.54, 1.807) is 20.8 Å². The van der Waals surface area contributed by atoms with Crippen LogP contribution in [0.4, 0.5) is 4.79 Å². The highest BCUT2D eigenvalue weighted by molar-refractivity contribution is 5.83. The molecular formula is C11H20N2O3. The number of hydrogen-bond acceptors (Lipinski definition) is 2. The quantitative estimate of drug-likeness (QED) is 0.679. The lowest BCUT2D eigenvalue weighted by atomic mass is 9.87. The molecule has 0 aromatic rings. The summed E-state index contributed by atoms with van der Waals surface area (Å²) in [6, 6.07) is -1.06. The predicted octanol–water partition coefficient (Wildman–Crippen LogP) is 1.19. The maximum atomic E-state index is 11.5. The van der Waals surface area contributed by atoms with E-state index in [4.69, 9.17) is 5.11 Å². The van der Waals surface area contributed by atoms with Gasteiger partial charge in [0.1, 0.15) is 6.04 Å². The summed E-state index contributed by atoms with van der Waals surface area (Å²) in [4.78, 5) is 22.5. The normalized spacial score (nSPS) is 25.8. The summed E-state index contributed by atoms with van der Waals surface area (Å²) in [7, 11) is 0. The molecule has 1 rings (SSSR count). The number of hydrogen-bond donors (Lipinski definition) is 3. The number of carboxylic acid groups (broad SMARTS) is 1. The molecule has 2 amide bonds. The van der Waals surface area contributed by atoms with Gasteiger partial charge in [-0.05, 0) is 17.8 Å². The van der Waals surface area contributed by atoms with E-state index in [0.717, 1.165) is 6.42 Å². The van der Waals surface area contributed by atoms with E-state index in [0.29, 0.717) is 5.92 Å². The summed E-state index contributed by atoms with van der Waals surface area (Å²) in [5, 5.41) is 14.3. The Morgan fingerprint density at radius 1 is 1.38 bits per heavy atom. The van der Waals surface area contributed by atoms with Crippen molar-refractivity contribution < 1.29 is 14.7 Å². The van der Waals surface area contributed by atoms with E-state index < -0.39 is 23.5 Å². The van der Waals surface area contributed by atoms with Gasteiger partial charge in [-0.1, -0.05) is 27.7 Å². The number of rotatable bonds is 3. The van der Waals surface area contributed by atoms with Crippen LogP contribution in [0.3, 0.4) is 0 Å². The van der Waals surface area contributed by atoms with Gasteiger partial charge in [-0.3, -0.25) is 0 Å². The second kappa shape index (κ2) is 4.31. The molecule has 16 heavy (non-hydrogen) atoms.